The summed E-state index contributed by atoms with van der Waals surface area (Å²) in [6, 6.07) is 13.8. The van der Waals surface area contributed by atoms with E-state index in [1.807, 2.05) is 24.3 Å². The highest BCUT2D eigenvalue weighted by Gasteiger charge is 2.20. The standard InChI is InChI=1S/C36H42O4S/c1-25-21-27(28-10-14-32(24-26(2)22-28)40-36(6,7)8)9-13-31(23-25)39-30-15-19-34(20-16-30)41(37,38)33-17-11-29(12-18-33)35(3,4)5/h9-20,22-23H,21,24H2,1-8H3. The summed E-state index contributed by atoms with van der Waals surface area (Å²) in [6.45, 7) is 16.7. The lowest BCUT2D eigenvalue weighted by atomic mass is 9.87. The van der Waals surface area contributed by atoms with Crippen LogP contribution in [0, 0.1) is 0 Å². The van der Waals surface area contributed by atoms with E-state index in [1.54, 1.807) is 36.4 Å². The Balaban J connectivity index is 1.52. The summed E-state index contributed by atoms with van der Waals surface area (Å²) < 4.78 is 38.7. The average Bonchev–Trinajstić information content (AvgIpc) is 3.17. The van der Waals surface area contributed by atoms with Crippen LogP contribution in [0.25, 0.3) is 0 Å². The lowest BCUT2D eigenvalue weighted by Crippen LogP contribution is -2.18. The second kappa shape index (κ2) is 11.7. The second-order valence-corrected chi connectivity index (χ2v) is 14.9. The average molecular weight is 571 g/mol. The van der Waals surface area contributed by atoms with Gasteiger partial charge in [0.1, 0.15) is 22.9 Å². The van der Waals surface area contributed by atoms with Crippen LogP contribution in [0.2, 0.25) is 0 Å². The third kappa shape index (κ3) is 8.01. The predicted molar refractivity (Wildman–Crippen MR) is 168 cm³/mol. The van der Waals surface area contributed by atoms with Gasteiger partial charge in [0.25, 0.3) is 0 Å². The Hall–Kier alpha value is -3.57. The lowest BCUT2D eigenvalue weighted by Gasteiger charge is -2.23. The van der Waals surface area contributed by atoms with Crippen molar-refractivity contribution < 1.29 is 17.9 Å². The van der Waals surface area contributed by atoms with Gasteiger partial charge in [0.05, 0.1) is 9.79 Å². The van der Waals surface area contributed by atoms with Crippen LogP contribution in [0.3, 0.4) is 0 Å². The van der Waals surface area contributed by atoms with E-state index in [1.165, 1.54) is 16.7 Å². The van der Waals surface area contributed by atoms with Crippen LogP contribution >= 0.6 is 0 Å². The second-order valence-electron chi connectivity index (χ2n) is 12.9. The van der Waals surface area contributed by atoms with Crippen molar-refractivity contribution in [2.24, 2.45) is 0 Å². The van der Waals surface area contributed by atoms with E-state index in [2.05, 4.69) is 79.7 Å². The third-order valence-electron chi connectivity index (χ3n) is 6.82. The van der Waals surface area contributed by atoms with E-state index < -0.39 is 9.84 Å². The van der Waals surface area contributed by atoms with E-state index in [9.17, 15) is 8.42 Å². The topological polar surface area (TPSA) is 52.6 Å². The van der Waals surface area contributed by atoms with Crippen LogP contribution in [0.1, 0.15) is 73.8 Å². The molecule has 0 saturated heterocycles. The van der Waals surface area contributed by atoms with Crippen LogP contribution in [0.5, 0.6) is 5.75 Å². The maximum absolute atomic E-state index is 13.2. The minimum absolute atomic E-state index is 0.0410. The van der Waals surface area contributed by atoms with E-state index in [0.29, 0.717) is 11.5 Å². The third-order valence-corrected chi connectivity index (χ3v) is 8.60. The molecule has 0 unspecified atom stereocenters. The van der Waals surface area contributed by atoms with Crippen LogP contribution in [-0.4, -0.2) is 14.0 Å². The molecule has 2 aromatic carbocycles. The summed E-state index contributed by atoms with van der Waals surface area (Å²) in [5.74, 6) is 2.25. The molecule has 0 spiro atoms. The minimum atomic E-state index is -3.62. The van der Waals surface area contributed by atoms with Crippen LogP contribution in [0.15, 0.2) is 129 Å². The highest BCUT2D eigenvalue weighted by Crippen LogP contribution is 2.31. The van der Waals surface area contributed by atoms with Crippen molar-refractivity contribution in [2.75, 3.05) is 0 Å². The monoisotopic (exact) mass is 570 g/mol. The normalized spacial score (nSPS) is 16.7. The zero-order chi connectivity index (χ0) is 30.0. The number of allylic oxidation sites excluding steroid dienone is 10. The smallest absolute Gasteiger partial charge is 0.206 e. The van der Waals surface area contributed by atoms with E-state index in [0.717, 1.165) is 29.7 Å². The van der Waals surface area contributed by atoms with Crippen molar-refractivity contribution in [3.05, 3.63) is 124 Å². The van der Waals surface area contributed by atoms with Gasteiger partial charge in [-0.3, -0.25) is 0 Å². The van der Waals surface area contributed by atoms with Crippen molar-refractivity contribution in [3.8, 4) is 5.75 Å². The Morgan fingerprint density at radius 1 is 0.683 bits per heavy atom. The van der Waals surface area contributed by atoms with Gasteiger partial charge in [0.2, 0.25) is 9.84 Å². The van der Waals surface area contributed by atoms with Gasteiger partial charge in [-0.05, 0) is 118 Å². The number of hydrogen-bond acceptors (Lipinski definition) is 4. The fourth-order valence-corrected chi connectivity index (χ4v) is 6.04. The highest BCUT2D eigenvalue weighted by molar-refractivity contribution is 7.91. The first kappa shape index (κ1) is 30.4. The molecule has 0 aliphatic heterocycles. The van der Waals surface area contributed by atoms with Crippen molar-refractivity contribution in [1.29, 1.82) is 0 Å². The molecule has 2 aromatic rings. The van der Waals surface area contributed by atoms with Crippen LogP contribution in [-0.2, 0) is 20.0 Å². The highest BCUT2D eigenvalue weighted by atomic mass is 32.2. The van der Waals surface area contributed by atoms with Gasteiger partial charge in [0, 0.05) is 6.42 Å². The Morgan fingerprint density at radius 2 is 1.27 bits per heavy atom. The molecule has 2 aliphatic rings. The van der Waals surface area contributed by atoms with Crippen molar-refractivity contribution in [2.45, 2.75) is 89.0 Å². The number of rotatable bonds is 6. The van der Waals surface area contributed by atoms with E-state index >= 15 is 0 Å². The molecular weight excluding hydrogens is 528 g/mol. The van der Waals surface area contributed by atoms with Gasteiger partial charge in [-0.1, -0.05) is 62.3 Å². The number of ether oxygens (including phenoxy) is 2. The molecule has 0 N–H and O–H groups in total. The van der Waals surface area contributed by atoms with Crippen LogP contribution < -0.4 is 4.74 Å². The van der Waals surface area contributed by atoms with E-state index in [4.69, 9.17) is 9.47 Å². The van der Waals surface area contributed by atoms with Crippen molar-refractivity contribution in [1.82, 2.24) is 0 Å². The summed E-state index contributed by atoms with van der Waals surface area (Å²) in [5, 5.41) is 0. The molecule has 0 bridgehead atoms. The molecule has 0 atom stereocenters. The van der Waals surface area contributed by atoms with Gasteiger partial charge in [-0.15, -0.1) is 0 Å². The first-order valence-corrected chi connectivity index (χ1v) is 15.6. The Morgan fingerprint density at radius 3 is 1.85 bits per heavy atom. The van der Waals surface area contributed by atoms with Crippen molar-refractivity contribution in [3.63, 3.8) is 0 Å². The fraction of sp³-hybridized carbons (Fsp3) is 0.333. The van der Waals surface area contributed by atoms with Crippen molar-refractivity contribution >= 4 is 9.84 Å². The molecule has 2 aliphatic carbocycles. The fourth-order valence-electron chi connectivity index (χ4n) is 4.78. The molecule has 0 heterocycles. The molecule has 0 fully saturated rings. The van der Waals surface area contributed by atoms with Gasteiger partial charge >= 0.3 is 0 Å². The lowest BCUT2D eigenvalue weighted by molar-refractivity contribution is 0.0492. The first-order valence-electron chi connectivity index (χ1n) is 14.1. The molecule has 0 amide bonds. The quantitative estimate of drug-likeness (QED) is 0.347. The summed E-state index contributed by atoms with van der Waals surface area (Å²) in [7, 11) is -3.62. The maximum atomic E-state index is 13.2. The van der Waals surface area contributed by atoms with Gasteiger partial charge in [0.15, 0.2) is 0 Å². The molecule has 0 saturated carbocycles. The van der Waals surface area contributed by atoms with Crippen LogP contribution in [0.4, 0.5) is 0 Å². The molecular formula is C36H42O4S. The molecule has 5 heteroatoms. The van der Waals surface area contributed by atoms with Gasteiger partial charge in [-0.2, -0.15) is 0 Å². The van der Waals surface area contributed by atoms with Gasteiger partial charge < -0.3 is 9.47 Å². The first-order chi connectivity index (χ1) is 19.1. The molecule has 41 heavy (non-hydrogen) atoms. The van der Waals surface area contributed by atoms with Gasteiger partial charge in [-0.25, -0.2) is 8.42 Å². The number of benzene rings is 2. The largest absolute Gasteiger partial charge is 0.492 e. The molecule has 216 valence electrons. The zero-order valence-corrected chi connectivity index (χ0v) is 26.4. The zero-order valence-electron chi connectivity index (χ0n) is 25.5. The summed E-state index contributed by atoms with van der Waals surface area (Å²) in [5.41, 5.74) is 5.59. The Kier molecular flexibility index (Phi) is 8.70. The minimum Gasteiger partial charge on any atom is -0.492 e. The number of sulfone groups is 1. The summed E-state index contributed by atoms with van der Waals surface area (Å²) in [4.78, 5) is 0.522. The Bertz CT molecular complexity index is 1580. The molecule has 0 aromatic heterocycles. The SMILES string of the molecule is CC1=CC(C2=CC=C(Oc3ccc(S(=O)(=O)c4ccc(C(C)(C)C)cc4)cc3)C=C(C)C2)=CC=C(OC(C)(C)C)C1. The van der Waals surface area contributed by atoms with E-state index in [-0.39, 0.29) is 20.8 Å². The maximum Gasteiger partial charge on any atom is 0.206 e. The predicted octanol–water partition coefficient (Wildman–Crippen LogP) is 9.33. The number of hydrogen-bond donors (Lipinski definition) is 0. The summed E-state index contributed by atoms with van der Waals surface area (Å²) in [6.07, 6.45) is 14.1. The molecule has 4 nitrogen and oxygen atoms in total. The molecule has 0 radical (unpaired) electrons. The summed E-state index contributed by atoms with van der Waals surface area (Å²) >= 11 is 0. The molecule has 4 rings (SSSR count). The Labute approximate surface area is 246 Å².